The summed E-state index contributed by atoms with van der Waals surface area (Å²) in [6.45, 7) is 3.04. The fourth-order valence-corrected chi connectivity index (χ4v) is 3.76. The van der Waals surface area contributed by atoms with Crippen LogP contribution in [0.4, 0.5) is 0 Å². The molecule has 2 aromatic rings. The summed E-state index contributed by atoms with van der Waals surface area (Å²) in [5.41, 5.74) is 1.99. The van der Waals surface area contributed by atoms with Gasteiger partial charge in [-0.1, -0.05) is 42.5 Å². The average molecular weight is 374 g/mol. The van der Waals surface area contributed by atoms with Crippen molar-refractivity contribution in [3.8, 4) is 0 Å². The number of nitrogens with one attached hydrogen (secondary N) is 2. The lowest BCUT2D eigenvalue weighted by molar-refractivity contribution is -0.918. The molecule has 3 rings (SSSR count). The van der Waals surface area contributed by atoms with E-state index in [-0.39, 0.29) is 5.91 Å². The Labute approximate surface area is 145 Å². The molecule has 0 unspecified atom stereocenters. The van der Waals surface area contributed by atoms with E-state index >= 15 is 0 Å². The highest BCUT2D eigenvalue weighted by Crippen LogP contribution is 2.16. The Hall–Kier alpha value is -1.65. The Balaban J connectivity index is 1.72. The number of carbonyl (C=O) groups excluding carboxylic acids is 1. The normalized spacial score (nSPS) is 16.2. The molecule has 1 aliphatic rings. The number of halogens is 1. The van der Waals surface area contributed by atoms with Crippen molar-refractivity contribution in [2.45, 2.75) is 18.9 Å². The Morgan fingerprint density at radius 1 is 1.04 bits per heavy atom. The summed E-state index contributed by atoms with van der Waals surface area (Å²) in [4.78, 5) is 14.0. The van der Waals surface area contributed by atoms with E-state index in [2.05, 4.69) is 45.5 Å². The van der Waals surface area contributed by atoms with Crippen molar-refractivity contribution in [3.05, 3.63) is 70.2 Å². The number of quaternary nitrogens is 1. The molecule has 120 valence electrons. The van der Waals surface area contributed by atoms with Gasteiger partial charge in [-0.15, -0.1) is 0 Å². The Bertz CT molecular complexity index is 653. The van der Waals surface area contributed by atoms with E-state index in [1.165, 1.54) is 31.5 Å². The van der Waals surface area contributed by atoms with Crippen LogP contribution in [0.15, 0.2) is 59.1 Å². The van der Waals surface area contributed by atoms with Crippen LogP contribution in [-0.4, -0.2) is 25.5 Å². The molecule has 0 aliphatic carbocycles. The molecule has 0 aromatic heterocycles. The number of likely N-dealkylation sites (tertiary alicyclic amines) is 1. The molecule has 0 spiro atoms. The maximum atomic E-state index is 12.5. The molecule has 3 nitrogen and oxygen atoms in total. The minimum Gasteiger partial charge on any atom is -0.346 e. The van der Waals surface area contributed by atoms with E-state index in [1.54, 1.807) is 4.90 Å². The van der Waals surface area contributed by atoms with Gasteiger partial charge >= 0.3 is 0 Å². The van der Waals surface area contributed by atoms with Crippen LogP contribution in [0.2, 0.25) is 0 Å². The first-order chi connectivity index (χ1) is 11.3. The monoisotopic (exact) mass is 373 g/mol. The Kier molecular flexibility index (Phi) is 5.47. The number of amides is 1. The fraction of sp³-hybridized carbons (Fsp3) is 0.316. The minimum atomic E-state index is -0.0167. The van der Waals surface area contributed by atoms with Crippen molar-refractivity contribution in [2.24, 2.45) is 0 Å². The minimum absolute atomic E-state index is 0.0167. The summed E-state index contributed by atoms with van der Waals surface area (Å²) < 4.78 is 0.835. The van der Waals surface area contributed by atoms with Crippen molar-refractivity contribution in [2.75, 3.05) is 19.6 Å². The molecular weight excluding hydrogens is 352 g/mol. The van der Waals surface area contributed by atoms with Crippen molar-refractivity contribution in [1.82, 2.24) is 5.32 Å². The van der Waals surface area contributed by atoms with Gasteiger partial charge in [0.15, 0.2) is 0 Å². The van der Waals surface area contributed by atoms with Crippen molar-refractivity contribution < 1.29 is 9.69 Å². The third-order valence-corrected chi connectivity index (χ3v) is 5.22. The summed E-state index contributed by atoms with van der Waals surface area (Å²) in [6.07, 6.45) is 2.55. The molecule has 1 aliphatic heterocycles. The molecule has 1 saturated heterocycles. The van der Waals surface area contributed by atoms with Gasteiger partial charge in [0, 0.05) is 22.9 Å². The Morgan fingerprint density at radius 3 is 2.39 bits per heavy atom. The first kappa shape index (κ1) is 16.2. The lowest BCUT2D eigenvalue weighted by atomic mass is 10.1. The molecule has 4 heteroatoms. The van der Waals surface area contributed by atoms with Gasteiger partial charge in [0.25, 0.3) is 5.91 Å². The maximum Gasteiger partial charge on any atom is 0.252 e. The van der Waals surface area contributed by atoms with Crippen molar-refractivity contribution in [3.63, 3.8) is 0 Å². The van der Waals surface area contributed by atoms with Crippen LogP contribution in [-0.2, 0) is 0 Å². The van der Waals surface area contributed by atoms with Crippen LogP contribution in [0, 0.1) is 0 Å². The highest BCUT2D eigenvalue weighted by molar-refractivity contribution is 9.10. The molecule has 2 N–H and O–H groups in total. The lowest BCUT2D eigenvalue weighted by Crippen LogP contribution is -3.11. The van der Waals surface area contributed by atoms with Gasteiger partial charge in [-0.05, 0) is 28.1 Å². The Morgan fingerprint density at radius 2 is 1.70 bits per heavy atom. The van der Waals surface area contributed by atoms with Gasteiger partial charge in [0.05, 0.1) is 25.2 Å². The first-order valence-electron chi connectivity index (χ1n) is 8.18. The van der Waals surface area contributed by atoms with E-state index in [9.17, 15) is 4.79 Å². The summed E-state index contributed by atoms with van der Waals surface area (Å²) >= 11 is 3.45. The lowest BCUT2D eigenvalue weighted by Gasteiger charge is -2.25. The highest BCUT2D eigenvalue weighted by Gasteiger charge is 2.27. The van der Waals surface area contributed by atoms with Crippen LogP contribution in [0.1, 0.15) is 34.8 Å². The second-order valence-corrected chi connectivity index (χ2v) is 6.87. The van der Waals surface area contributed by atoms with Gasteiger partial charge in [-0.25, -0.2) is 0 Å². The second-order valence-electron chi connectivity index (χ2n) is 6.02. The third-order valence-electron chi connectivity index (χ3n) is 4.53. The zero-order valence-electron chi connectivity index (χ0n) is 13.1. The van der Waals surface area contributed by atoms with Gasteiger partial charge in [-0.2, -0.15) is 0 Å². The number of benzene rings is 2. The first-order valence-corrected chi connectivity index (χ1v) is 8.97. The molecule has 23 heavy (non-hydrogen) atoms. The van der Waals surface area contributed by atoms with Crippen LogP contribution in [0.3, 0.4) is 0 Å². The van der Waals surface area contributed by atoms with Crippen LogP contribution in [0.25, 0.3) is 0 Å². The number of carbonyl (C=O) groups is 1. The summed E-state index contributed by atoms with van der Waals surface area (Å²) in [5, 5.41) is 3.13. The molecule has 2 aromatic carbocycles. The maximum absolute atomic E-state index is 12.5. The summed E-state index contributed by atoms with van der Waals surface area (Å²) in [6, 6.07) is 18.4. The van der Waals surface area contributed by atoms with Gasteiger partial charge in [-0.3, -0.25) is 4.79 Å². The summed E-state index contributed by atoms with van der Waals surface area (Å²) in [7, 11) is 0. The highest BCUT2D eigenvalue weighted by atomic mass is 79.9. The van der Waals surface area contributed by atoms with Crippen LogP contribution in [0.5, 0.6) is 0 Å². The molecule has 1 heterocycles. The predicted octanol–water partition coefficient (Wildman–Crippen LogP) is 2.60. The smallest absolute Gasteiger partial charge is 0.252 e. The zero-order valence-corrected chi connectivity index (χ0v) is 14.7. The van der Waals surface area contributed by atoms with E-state index < -0.39 is 0 Å². The predicted molar refractivity (Wildman–Crippen MR) is 95.6 cm³/mol. The van der Waals surface area contributed by atoms with E-state index in [4.69, 9.17) is 0 Å². The third kappa shape index (κ3) is 4.01. The number of hydrogen-bond donors (Lipinski definition) is 2. The van der Waals surface area contributed by atoms with E-state index in [0.717, 1.165) is 4.47 Å². The molecule has 1 atom stereocenters. The largest absolute Gasteiger partial charge is 0.346 e. The molecule has 1 amide bonds. The quantitative estimate of drug-likeness (QED) is 0.829. The number of hydrogen-bond acceptors (Lipinski definition) is 1. The van der Waals surface area contributed by atoms with Crippen molar-refractivity contribution >= 4 is 21.8 Å². The van der Waals surface area contributed by atoms with E-state index in [1.807, 2.05) is 30.3 Å². The molecule has 1 fully saturated rings. The average Bonchev–Trinajstić information content (AvgIpc) is 3.10. The second kappa shape index (κ2) is 7.75. The SMILES string of the molecule is O=C(NC[C@@H](c1ccccc1)[NH+]1CCCC1)c1ccccc1Br. The number of rotatable bonds is 5. The summed E-state index contributed by atoms with van der Waals surface area (Å²) in [5.74, 6) is -0.0167. The molecule has 0 radical (unpaired) electrons. The van der Waals surface area contributed by atoms with Gasteiger partial charge in [0.2, 0.25) is 0 Å². The molecular formula is C19H22BrN2O+. The van der Waals surface area contributed by atoms with Crippen molar-refractivity contribution in [1.29, 1.82) is 0 Å². The topological polar surface area (TPSA) is 33.5 Å². The zero-order chi connectivity index (χ0) is 16.1. The van der Waals surface area contributed by atoms with Crippen LogP contribution < -0.4 is 10.2 Å². The standard InChI is InChI=1S/C19H21BrN2O/c20-17-11-5-4-10-16(17)19(23)21-14-18(22-12-6-7-13-22)15-8-2-1-3-9-15/h1-5,8-11,18H,6-7,12-14H2,(H,21,23)/p+1/t18-/m0/s1. The van der Waals surface area contributed by atoms with E-state index in [0.29, 0.717) is 18.2 Å². The molecule has 0 saturated carbocycles. The van der Waals surface area contributed by atoms with Gasteiger partial charge < -0.3 is 10.2 Å². The van der Waals surface area contributed by atoms with Crippen LogP contribution >= 0.6 is 15.9 Å². The molecule has 0 bridgehead atoms. The fourth-order valence-electron chi connectivity index (χ4n) is 3.30. The van der Waals surface area contributed by atoms with Gasteiger partial charge in [0.1, 0.15) is 6.04 Å².